The van der Waals surface area contributed by atoms with Gasteiger partial charge in [-0.05, 0) is 47.1 Å². The normalized spacial score (nSPS) is 26.6. The van der Waals surface area contributed by atoms with Crippen molar-refractivity contribution in [3.8, 4) is 0 Å². The van der Waals surface area contributed by atoms with Crippen molar-refractivity contribution in [2.45, 2.75) is 18.2 Å². The average Bonchev–Trinajstić information content (AvgIpc) is 2.63. The number of hydrogen-bond acceptors (Lipinski definition) is 0. The summed E-state index contributed by atoms with van der Waals surface area (Å²) in [5.74, 6) is 0. The number of rotatable bonds is 0. The standard InChI is InChI=1S/C15H13Br/c1-10-14-9-11-5-3-4-6-12(11)13(14)7-8-15(10,2)16/h3-9H,1-2H3. The van der Waals surface area contributed by atoms with Crippen LogP contribution in [0.2, 0.25) is 0 Å². The summed E-state index contributed by atoms with van der Waals surface area (Å²) in [7, 11) is 0. The van der Waals surface area contributed by atoms with Crippen molar-refractivity contribution in [1.29, 1.82) is 0 Å². The van der Waals surface area contributed by atoms with E-state index >= 15 is 0 Å². The highest BCUT2D eigenvalue weighted by Crippen LogP contribution is 2.38. The molecule has 1 aromatic carbocycles. The molecular weight excluding hydrogens is 260 g/mol. The lowest BCUT2D eigenvalue weighted by Gasteiger charge is -2.26. The molecule has 0 aromatic heterocycles. The molecule has 0 radical (unpaired) electrons. The van der Waals surface area contributed by atoms with Gasteiger partial charge in [-0.2, -0.15) is 0 Å². The van der Waals surface area contributed by atoms with E-state index in [1.807, 2.05) is 0 Å². The molecule has 2 aliphatic rings. The van der Waals surface area contributed by atoms with Gasteiger partial charge in [0, 0.05) is 0 Å². The first-order valence-corrected chi connectivity index (χ1v) is 6.30. The van der Waals surface area contributed by atoms with Crippen molar-refractivity contribution in [1.82, 2.24) is 0 Å². The molecule has 0 N–H and O–H groups in total. The summed E-state index contributed by atoms with van der Waals surface area (Å²) in [5.41, 5.74) is 4.13. The lowest BCUT2D eigenvalue weighted by atomic mass is 9.88. The van der Waals surface area contributed by atoms with Crippen molar-refractivity contribution in [2.24, 2.45) is 0 Å². The molecular formula is C15H13Br. The van der Waals surface area contributed by atoms with E-state index < -0.39 is 0 Å². The van der Waals surface area contributed by atoms with Gasteiger partial charge in [0.2, 0.25) is 0 Å². The van der Waals surface area contributed by atoms with Gasteiger partial charge in [-0.25, -0.2) is 0 Å². The van der Waals surface area contributed by atoms with Crippen molar-refractivity contribution < 1.29 is 0 Å². The van der Waals surface area contributed by atoms with Crippen LogP contribution in [-0.2, 0) is 0 Å². The van der Waals surface area contributed by atoms with E-state index in [1.165, 1.54) is 27.2 Å². The maximum Gasteiger partial charge on any atom is 0.0627 e. The molecule has 80 valence electrons. The van der Waals surface area contributed by atoms with Crippen molar-refractivity contribution in [3.63, 3.8) is 0 Å². The topological polar surface area (TPSA) is 0 Å². The Labute approximate surface area is 104 Å². The van der Waals surface area contributed by atoms with Crippen molar-refractivity contribution >= 4 is 27.6 Å². The van der Waals surface area contributed by atoms with Crippen molar-refractivity contribution in [3.05, 3.63) is 58.0 Å². The quantitative estimate of drug-likeness (QED) is 0.637. The molecule has 0 amide bonds. The van der Waals surface area contributed by atoms with Gasteiger partial charge in [-0.15, -0.1) is 0 Å². The van der Waals surface area contributed by atoms with E-state index in [0.717, 1.165) is 0 Å². The highest BCUT2D eigenvalue weighted by Gasteiger charge is 2.27. The molecule has 16 heavy (non-hydrogen) atoms. The Morgan fingerprint density at radius 3 is 2.69 bits per heavy atom. The zero-order valence-corrected chi connectivity index (χ0v) is 11.0. The van der Waals surface area contributed by atoms with E-state index in [9.17, 15) is 0 Å². The zero-order valence-electron chi connectivity index (χ0n) is 9.42. The van der Waals surface area contributed by atoms with Gasteiger partial charge in [0.15, 0.2) is 0 Å². The second-order valence-corrected chi connectivity index (χ2v) is 6.24. The number of alkyl halides is 1. The fourth-order valence-corrected chi connectivity index (χ4v) is 2.71. The predicted molar refractivity (Wildman–Crippen MR) is 72.7 cm³/mol. The van der Waals surface area contributed by atoms with Crippen LogP contribution in [0.1, 0.15) is 13.8 Å². The second kappa shape index (κ2) is 3.21. The summed E-state index contributed by atoms with van der Waals surface area (Å²) in [4.78, 5) is 0. The number of fused-ring (bicyclic) bond motifs is 2. The third-order valence-corrected chi connectivity index (χ3v) is 4.40. The molecule has 1 heteroatoms. The molecule has 0 saturated carbocycles. The minimum Gasteiger partial charge on any atom is -0.0762 e. The van der Waals surface area contributed by atoms with Crippen LogP contribution in [0, 0.1) is 0 Å². The van der Waals surface area contributed by atoms with Crippen LogP contribution in [-0.4, -0.2) is 4.32 Å². The van der Waals surface area contributed by atoms with Gasteiger partial charge in [-0.3, -0.25) is 0 Å². The summed E-state index contributed by atoms with van der Waals surface area (Å²) < 4.78 is 0.00434. The minimum atomic E-state index is 0.00434. The first-order chi connectivity index (χ1) is 7.59. The summed E-state index contributed by atoms with van der Waals surface area (Å²) >= 11 is 3.76. The fraction of sp³-hybridized carbons (Fsp3) is 0.200. The molecule has 1 aromatic rings. The molecule has 0 spiro atoms. The van der Waals surface area contributed by atoms with Crippen LogP contribution in [0.15, 0.2) is 47.6 Å². The summed E-state index contributed by atoms with van der Waals surface area (Å²) in [5, 5.41) is 2.69. The molecule has 0 saturated heterocycles. The fourth-order valence-electron chi connectivity index (χ4n) is 2.36. The van der Waals surface area contributed by atoms with Crippen LogP contribution in [0.4, 0.5) is 0 Å². The SMILES string of the molecule is CC1=C2C=c3ccccc3=C2C=CC1(C)Br. The second-order valence-electron chi connectivity index (χ2n) is 4.59. The van der Waals surface area contributed by atoms with E-state index in [2.05, 4.69) is 72.3 Å². The monoisotopic (exact) mass is 272 g/mol. The Morgan fingerprint density at radius 2 is 1.88 bits per heavy atom. The Balaban J connectivity index is 2.42. The number of benzene rings is 1. The average molecular weight is 273 g/mol. The number of halogens is 1. The summed E-state index contributed by atoms with van der Waals surface area (Å²) in [6, 6.07) is 8.58. The first-order valence-electron chi connectivity index (χ1n) is 5.50. The molecule has 1 unspecified atom stereocenters. The van der Waals surface area contributed by atoms with Crippen LogP contribution in [0.3, 0.4) is 0 Å². The molecule has 0 heterocycles. The van der Waals surface area contributed by atoms with Gasteiger partial charge in [0.25, 0.3) is 0 Å². The molecule has 0 bridgehead atoms. The lowest BCUT2D eigenvalue weighted by molar-refractivity contribution is 0.933. The Kier molecular flexibility index (Phi) is 2.02. The highest BCUT2D eigenvalue weighted by molar-refractivity contribution is 9.10. The molecule has 3 rings (SSSR count). The summed E-state index contributed by atoms with van der Waals surface area (Å²) in [6.07, 6.45) is 6.76. The van der Waals surface area contributed by atoms with E-state index in [0.29, 0.717) is 0 Å². The summed E-state index contributed by atoms with van der Waals surface area (Å²) in [6.45, 7) is 4.40. The highest BCUT2D eigenvalue weighted by atomic mass is 79.9. The number of allylic oxidation sites excluding steroid dienone is 4. The van der Waals surface area contributed by atoms with Gasteiger partial charge < -0.3 is 0 Å². The number of hydrogen-bond donors (Lipinski definition) is 0. The Bertz CT molecular complexity index is 642. The third kappa shape index (κ3) is 1.28. The molecule has 0 aliphatic heterocycles. The Morgan fingerprint density at radius 1 is 1.12 bits per heavy atom. The maximum absolute atomic E-state index is 3.76. The molecule has 1 atom stereocenters. The van der Waals surface area contributed by atoms with E-state index in [4.69, 9.17) is 0 Å². The van der Waals surface area contributed by atoms with Crippen molar-refractivity contribution in [2.75, 3.05) is 0 Å². The smallest absolute Gasteiger partial charge is 0.0627 e. The van der Waals surface area contributed by atoms with Gasteiger partial charge >= 0.3 is 0 Å². The molecule has 0 nitrogen and oxygen atoms in total. The largest absolute Gasteiger partial charge is 0.0762 e. The van der Waals surface area contributed by atoms with Crippen LogP contribution in [0.25, 0.3) is 11.6 Å². The maximum atomic E-state index is 3.76. The Hall–Kier alpha value is -1.08. The molecule has 0 fully saturated rings. The lowest BCUT2D eigenvalue weighted by Crippen LogP contribution is -2.22. The van der Waals surface area contributed by atoms with Gasteiger partial charge in [0.05, 0.1) is 4.32 Å². The van der Waals surface area contributed by atoms with Gasteiger partial charge in [0.1, 0.15) is 0 Å². The van der Waals surface area contributed by atoms with Crippen LogP contribution >= 0.6 is 15.9 Å². The van der Waals surface area contributed by atoms with Gasteiger partial charge in [-0.1, -0.05) is 52.3 Å². The zero-order chi connectivity index (χ0) is 11.3. The van der Waals surface area contributed by atoms with Crippen LogP contribution < -0.4 is 10.4 Å². The first kappa shape index (κ1) is 10.1. The predicted octanol–water partition coefficient (Wildman–Crippen LogP) is 2.67. The van der Waals surface area contributed by atoms with Crippen LogP contribution in [0.5, 0.6) is 0 Å². The third-order valence-electron chi connectivity index (χ3n) is 3.54. The van der Waals surface area contributed by atoms with E-state index in [1.54, 1.807) is 0 Å². The molecule has 2 aliphatic carbocycles. The van der Waals surface area contributed by atoms with E-state index in [-0.39, 0.29) is 4.32 Å². The minimum absolute atomic E-state index is 0.00434.